The van der Waals surface area contributed by atoms with Gasteiger partial charge in [0.1, 0.15) is 0 Å². The number of rotatable bonds is 3. The molecule has 0 amide bonds. The number of carbonyl (C=O) groups is 1. The predicted molar refractivity (Wildman–Crippen MR) is 81.2 cm³/mol. The van der Waals surface area contributed by atoms with Gasteiger partial charge in [0.05, 0.1) is 12.7 Å². The monoisotopic (exact) mass is 290 g/mol. The quantitative estimate of drug-likeness (QED) is 0.490. The van der Waals surface area contributed by atoms with Crippen molar-refractivity contribution in [3.05, 3.63) is 35.4 Å². The van der Waals surface area contributed by atoms with Crippen LogP contribution in [0.1, 0.15) is 22.3 Å². The standard InChI is InChI=1S/C15H22N4O2/c1-21-14(20)13-5-3-12(4-6-13)11-18-7-2-8-19(10-9-18)15(16)17/h3-6H,2,7-11H2,1H3,(H3,16,17). The lowest BCUT2D eigenvalue weighted by Crippen LogP contribution is -2.39. The van der Waals surface area contributed by atoms with Crippen LogP contribution < -0.4 is 5.73 Å². The van der Waals surface area contributed by atoms with Crippen molar-refractivity contribution < 1.29 is 9.53 Å². The van der Waals surface area contributed by atoms with Crippen molar-refractivity contribution in [1.29, 1.82) is 5.41 Å². The maximum absolute atomic E-state index is 11.4. The second-order valence-electron chi connectivity index (χ2n) is 5.19. The fraction of sp³-hybridized carbons (Fsp3) is 0.467. The second kappa shape index (κ2) is 7.08. The van der Waals surface area contributed by atoms with Crippen LogP contribution >= 0.6 is 0 Å². The Labute approximate surface area is 125 Å². The smallest absolute Gasteiger partial charge is 0.337 e. The molecule has 1 aliphatic heterocycles. The molecule has 0 unspecified atom stereocenters. The van der Waals surface area contributed by atoms with Crippen LogP contribution in [0.3, 0.4) is 0 Å². The van der Waals surface area contributed by atoms with E-state index in [0.29, 0.717) is 5.56 Å². The average Bonchev–Trinajstić information content (AvgIpc) is 2.73. The van der Waals surface area contributed by atoms with Gasteiger partial charge in [-0.25, -0.2) is 4.79 Å². The van der Waals surface area contributed by atoms with Crippen LogP contribution in [0.25, 0.3) is 0 Å². The first kappa shape index (κ1) is 15.3. The zero-order valence-electron chi connectivity index (χ0n) is 12.3. The minimum atomic E-state index is -0.312. The summed E-state index contributed by atoms with van der Waals surface area (Å²) in [7, 11) is 1.38. The van der Waals surface area contributed by atoms with Crippen molar-refractivity contribution in [3.8, 4) is 0 Å². The lowest BCUT2D eigenvalue weighted by Gasteiger charge is -2.21. The molecule has 1 aliphatic rings. The number of hydrogen-bond donors (Lipinski definition) is 2. The van der Waals surface area contributed by atoms with Gasteiger partial charge in [0.25, 0.3) is 0 Å². The van der Waals surface area contributed by atoms with Gasteiger partial charge >= 0.3 is 5.97 Å². The maximum Gasteiger partial charge on any atom is 0.337 e. The Hall–Kier alpha value is -2.08. The number of nitrogens with zero attached hydrogens (tertiary/aromatic N) is 2. The van der Waals surface area contributed by atoms with E-state index in [0.717, 1.165) is 39.1 Å². The number of esters is 1. The summed E-state index contributed by atoms with van der Waals surface area (Å²) in [5, 5.41) is 7.50. The number of hydrogen-bond acceptors (Lipinski definition) is 4. The molecule has 1 fully saturated rings. The van der Waals surface area contributed by atoms with Gasteiger partial charge in [0.2, 0.25) is 0 Å². The van der Waals surface area contributed by atoms with Gasteiger partial charge in [-0.1, -0.05) is 12.1 Å². The molecule has 1 aromatic carbocycles. The van der Waals surface area contributed by atoms with Crippen LogP contribution in [0.2, 0.25) is 0 Å². The Morgan fingerprint density at radius 2 is 1.95 bits per heavy atom. The summed E-state index contributed by atoms with van der Waals surface area (Å²) in [6.07, 6.45) is 1.000. The van der Waals surface area contributed by atoms with E-state index in [4.69, 9.17) is 15.9 Å². The summed E-state index contributed by atoms with van der Waals surface area (Å²) in [6.45, 7) is 4.34. The van der Waals surface area contributed by atoms with Gasteiger partial charge in [-0.05, 0) is 24.1 Å². The van der Waals surface area contributed by atoms with Crippen molar-refractivity contribution in [2.24, 2.45) is 5.73 Å². The highest BCUT2D eigenvalue weighted by Gasteiger charge is 2.15. The van der Waals surface area contributed by atoms with E-state index in [-0.39, 0.29) is 11.9 Å². The van der Waals surface area contributed by atoms with Gasteiger partial charge in [-0.15, -0.1) is 0 Å². The molecule has 0 spiro atoms. The number of benzene rings is 1. The first-order chi connectivity index (χ1) is 10.1. The number of guanidine groups is 1. The van der Waals surface area contributed by atoms with Gasteiger partial charge < -0.3 is 15.4 Å². The Balaban J connectivity index is 1.92. The highest BCUT2D eigenvalue weighted by molar-refractivity contribution is 5.89. The van der Waals surface area contributed by atoms with Crippen LogP contribution in [0.4, 0.5) is 0 Å². The summed E-state index contributed by atoms with van der Waals surface area (Å²) in [6, 6.07) is 7.50. The molecule has 0 saturated carbocycles. The zero-order chi connectivity index (χ0) is 15.2. The Kier molecular flexibility index (Phi) is 5.16. The third-order valence-electron chi connectivity index (χ3n) is 3.71. The van der Waals surface area contributed by atoms with Crippen molar-refractivity contribution in [2.75, 3.05) is 33.3 Å². The third kappa shape index (κ3) is 4.19. The van der Waals surface area contributed by atoms with Gasteiger partial charge in [-0.2, -0.15) is 0 Å². The van der Waals surface area contributed by atoms with Crippen molar-refractivity contribution >= 4 is 11.9 Å². The summed E-state index contributed by atoms with van der Waals surface area (Å²) < 4.78 is 4.69. The molecule has 21 heavy (non-hydrogen) atoms. The van der Waals surface area contributed by atoms with E-state index in [1.165, 1.54) is 12.7 Å². The molecule has 1 saturated heterocycles. The Morgan fingerprint density at radius 3 is 2.57 bits per heavy atom. The van der Waals surface area contributed by atoms with Gasteiger partial charge in [-0.3, -0.25) is 10.3 Å². The molecule has 0 aromatic heterocycles. The normalized spacial score (nSPS) is 16.3. The zero-order valence-corrected chi connectivity index (χ0v) is 12.3. The molecule has 6 heteroatoms. The van der Waals surface area contributed by atoms with E-state index in [9.17, 15) is 4.79 Å². The van der Waals surface area contributed by atoms with Gasteiger partial charge in [0, 0.05) is 32.7 Å². The number of carbonyl (C=O) groups excluding carboxylic acids is 1. The van der Waals surface area contributed by atoms with Crippen LogP contribution in [0, 0.1) is 5.41 Å². The van der Waals surface area contributed by atoms with E-state index in [2.05, 4.69) is 4.90 Å². The van der Waals surface area contributed by atoms with Gasteiger partial charge in [0.15, 0.2) is 5.96 Å². The third-order valence-corrected chi connectivity index (χ3v) is 3.71. The molecule has 0 radical (unpaired) electrons. The molecule has 114 valence electrons. The minimum absolute atomic E-state index is 0.152. The average molecular weight is 290 g/mol. The summed E-state index contributed by atoms with van der Waals surface area (Å²) >= 11 is 0. The molecular formula is C15H22N4O2. The Bertz CT molecular complexity index is 501. The highest BCUT2D eigenvalue weighted by atomic mass is 16.5. The summed E-state index contributed by atoms with van der Waals surface area (Å²) in [5.74, 6) is -0.160. The van der Waals surface area contributed by atoms with Crippen molar-refractivity contribution in [2.45, 2.75) is 13.0 Å². The topological polar surface area (TPSA) is 82.7 Å². The molecule has 0 atom stereocenters. The fourth-order valence-corrected chi connectivity index (χ4v) is 2.49. The lowest BCUT2D eigenvalue weighted by molar-refractivity contribution is 0.0600. The van der Waals surface area contributed by atoms with Crippen LogP contribution in [0.15, 0.2) is 24.3 Å². The number of ether oxygens (including phenoxy) is 1. The molecular weight excluding hydrogens is 268 g/mol. The van der Waals surface area contributed by atoms with Crippen molar-refractivity contribution in [1.82, 2.24) is 9.80 Å². The molecule has 0 bridgehead atoms. The van der Waals surface area contributed by atoms with Crippen molar-refractivity contribution in [3.63, 3.8) is 0 Å². The number of nitrogens with one attached hydrogen (secondary N) is 1. The second-order valence-corrected chi connectivity index (χ2v) is 5.19. The van der Waals surface area contributed by atoms with E-state index in [1.807, 2.05) is 17.0 Å². The Morgan fingerprint density at radius 1 is 1.24 bits per heavy atom. The molecule has 0 aliphatic carbocycles. The molecule has 6 nitrogen and oxygen atoms in total. The van der Waals surface area contributed by atoms with Crippen LogP contribution in [0.5, 0.6) is 0 Å². The first-order valence-electron chi connectivity index (χ1n) is 7.08. The maximum atomic E-state index is 11.4. The first-order valence-corrected chi connectivity index (χ1v) is 7.08. The SMILES string of the molecule is COC(=O)c1ccc(CN2CCCN(C(=N)N)CC2)cc1. The molecule has 2 rings (SSSR count). The molecule has 1 heterocycles. The molecule has 1 aromatic rings. The van der Waals surface area contributed by atoms with E-state index in [1.54, 1.807) is 12.1 Å². The van der Waals surface area contributed by atoms with Crippen LogP contribution in [-0.2, 0) is 11.3 Å². The fourth-order valence-electron chi connectivity index (χ4n) is 2.49. The largest absolute Gasteiger partial charge is 0.465 e. The molecule has 3 N–H and O–H groups in total. The highest BCUT2D eigenvalue weighted by Crippen LogP contribution is 2.11. The van der Waals surface area contributed by atoms with Crippen LogP contribution in [-0.4, -0.2) is 55.0 Å². The summed E-state index contributed by atoms with van der Waals surface area (Å²) in [5.41, 5.74) is 7.27. The number of methoxy groups -OCH3 is 1. The number of nitrogens with two attached hydrogens (primary N) is 1. The van der Waals surface area contributed by atoms with E-state index >= 15 is 0 Å². The van der Waals surface area contributed by atoms with E-state index < -0.39 is 0 Å². The minimum Gasteiger partial charge on any atom is -0.465 e. The lowest BCUT2D eigenvalue weighted by atomic mass is 10.1. The summed E-state index contributed by atoms with van der Waals surface area (Å²) in [4.78, 5) is 15.6. The predicted octanol–water partition coefficient (Wildman–Crippen LogP) is 0.874.